The summed E-state index contributed by atoms with van der Waals surface area (Å²) in [4.78, 5) is 39.4. The molecule has 150 valence electrons. The first-order valence-corrected chi connectivity index (χ1v) is 8.56. The van der Waals surface area contributed by atoms with E-state index in [1.54, 1.807) is 12.3 Å². The first kappa shape index (κ1) is 21.0. The van der Waals surface area contributed by atoms with Crippen LogP contribution in [0.4, 0.5) is 4.79 Å². The first-order valence-electron chi connectivity index (χ1n) is 8.56. The van der Waals surface area contributed by atoms with Crippen LogP contribution in [-0.4, -0.2) is 51.0 Å². The molecule has 0 amide bonds. The maximum atomic E-state index is 12.7. The maximum absolute atomic E-state index is 12.7. The summed E-state index contributed by atoms with van der Waals surface area (Å²) >= 11 is 0. The van der Waals surface area contributed by atoms with Crippen LogP contribution in [0.15, 0.2) is 42.6 Å². The standard InChI is InChI=1S/C20H23NO7/c1-25-17(22)20(18(23)26-2,10-4-5-12-28-19(24)27-3)13-14-7-6-8-16-15(14)9-11-21-16/h4-9,11,21H,10,12-13H2,1-3H3/b5-4+. The van der Waals surface area contributed by atoms with Gasteiger partial charge < -0.3 is 23.9 Å². The van der Waals surface area contributed by atoms with Gasteiger partial charge >= 0.3 is 18.1 Å². The summed E-state index contributed by atoms with van der Waals surface area (Å²) in [6.07, 6.45) is 4.16. The number of allylic oxidation sites excluding steroid dienone is 1. The van der Waals surface area contributed by atoms with E-state index in [1.807, 2.05) is 24.3 Å². The topological polar surface area (TPSA) is 104 Å². The number of methoxy groups -OCH3 is 3. The molecular formula is C20H23NO7. The molecule has 0 fully saturated rings. The molecule has 8 nitrogen and oxygen atoms in total. The number of ether oxygens (including phenoxy) is 4. The van der Waals surface area contributed by atoms with Crippen molar-refractivity contribution in [1.82, 2.24) is 4.98 Å². The Morgan fingerprint density at radius 3 is 2.36 bits per heavy atom. The lowest BCUT2D eigenvalue weighted by Gasteiger charge is -2.27. The minimum absolute atomic E-state index is 0.0116. The fraction of sp³-hybridized carbons (Fsp3) is 0.350. The molecule has 0 aliphatic rings. The quantitative estimate of drug-likeness (QED) is 0.320. The summed E-state index contributed by atoms with van der Waals surface area (Å²) in [7, 11) is 3.65. The summed E-state index contributed by atoms with van der Waals surface area (Å²) in [6, 6.07) is 7.47. The molecule has 0 atom stereocenters. The van der Waals surface area contributed by atoms with Crippen molar-refractivity contribution in [3.05, 3.63) is 48.2 Å². The van der Waals surface area contributed by atoms with Crippen molar-refractivity contribution in [2.75, 3.05) is 27.9 Å². The molecule has 0 unspecified atom stereocenters. The number of carbonyl (C=O) groups excluding carboxylic acids is 3. The van der Waals surface area contributed by atoms with E-state index in [2.05, 4.69) is 9.72 Å². The van der Waals surface area contributed by atoms with Crippen molar-refractivity contribution in [3.8, 4) is 0 Å². The van der Waals surface area contributed by atoms with Gasteiger partial charge in [0.1, 0.15) is 6.61 Å². The highest BCUT2D eigenvalue weighted by molar-refractivity contribution is 6.01. The fourth-order valence-electron chi connectivity index (χ4n) is 3.01. The molecule has 1 heterocycles. The largest absolute Gasteiger partial charge is 0.508 e. The summed E-state index contributed by atoms with van der Waals surface area (Å²) in [5.41, 5.74) is 0.119. The van der Waals surface area contributed by atoms with E-state index >= 15 is 0 Å². The molecule has 1 aromatic carbocycles. The van der Waals surface area contributed by atoms with Crippen molar-refractivity contribution >= 4 is 29.0 Å². The Bertz CT molecular complexity index is 852. The van der Waals surface area contributed by atoms with Gasteiger partial charge in [-0.2, -0.15) is 0 Å². The lowest BCUT2D eigenvalue weighted by molar-refractivity contribution is -0.168. The molecule has 8 heteroatoms. The van der Waals surface area contributed by atoms with Crippen LogP contribution in [0.2, 0.25) is 0 Å². The first-order chi connectivity index (χ1) is 13.5. The van der Waals surface area contributed by atoms with E-state index in [0.29, 0.717) is 0 Å². The molecule has 1 aromatic heterocycles. The zero-order chi connectivity index (χ0) is 20.6. The van der Waals surface area contributed by atoms with Gasteiger partial charge in [0, 0.05) is 23.5 Å². The Balaban J connectivity index is 2.33. The van der Waals surface area contributed by atoms with Crippen LogP contribution in [-0.2, 0) is 35.0 Å². The van der Waals surface area contributed by atoms with Gasteiger partial charge in [0.05, 0.1) is 21.3 Å². The third-order valence-corrected chi connectivity index (χ3v) is 4.43. The zero-order valence-corrected chi connectivity index (χ0v) is 16.0. The third kappa shape index (κ3) is 4.51. The Morgan fingerprint density at radius 1 is 1.00 bits per heavy atom. The Hall–Kier alpha value is -3.29. The molecule has 2 aromatic rings. The third-order valence-electron chi connectivity index (χ3n) is 4.43. The highest BCUT2D eigenvalue weighted by Gasteiger charge is 2.47. The maximum Gasteiger partial charge on any atom is 0.508 e. The van der Waals surface area contributed by atoms with E-state index < -0.39 is 23.5 Å². The number of rotatable bonds is 8. The van der Waals surface area contributed by atoms with E-state index in [4.69, 9.17) is 14.2 Å². The number of fused-ring (bicyclic) bond motifs is 1. The Morgan fingerprint density at radius 2 is 1.71 bits per heavy atom. The Labute approximate surface area is 162 Å². The minimum Gasteiger partial charge on any atom is -0.468 e. The Kier molecular flexibility index (Phi) is 7.20. The van der Waals surface area contributed by atoms with Gasteiger partial charge in [-0.25, -0.2) is 4.79 Å². The molecule has 2 rings (SSSR count). The van der Waals surface area contributed by atoms with Gasteiger partial charge in [0.15, 0.2) is 5.41 Å². The van der Waals surface area contributed by atoms with Crippen molar-refractivity contribution in [2.45, 2.75) is 12.8 Å². The predicted octanol–water partition coefficient (Wildman–Crippen LogP) is 2.77. The second-order valence-electron chi connectivity index (χ2n) is 6.04. The van der Waals surface area contributed by atoms with Gasteiger partial charge in [-0.1, -0.05) is 24.3 Å². The van der Waals surface area contributed by atoms with Crippen LogP contribution in [0.25, 0.3) is 10.9 Å². The molecule has 1 N–H and O–H groups in total. The summed E-state index contributed by atoms with van der Waals surface area (Å²) in [5.74, 6) is -1.41. The number of aromatic amines is 1. The van der Waals surface area contributed by atoms with Gasteiger partial charge in [-0.15, -0.1) is 0 Å². The monoisotopic (exact) mass is 389 g/mol. The van der Waals surface area contributed by atoms with Crippen LogP contribution in [0, 0.1) is 5.41 Å². The van der Waals surface area contributed by atoms with Gasteiger partial charge in [-0.3, -0.25) is 9.59 Å². The number of benzene rings is 1. The number of carbonyl (C=O) groups is 3. The molecule has 0 spiro atoms. The molecule has 0 aliphatic heterocycles. The average Bonchev–Trinajstić information content (AvgIpc) is 3.20. The lowest BCUT2D eigenvalue weighted by Crippen LogP contribution is -2.43. The summed E-state index contributed by atoms with van der Waals surface area (Å²) in [5, 5.41) is 0.901. The predicted molar refractivity (Wildman–Crippen MR) is 101 cm³/mol. The summed E-state index contributed by atoms with van der Waals surface area (Å²) < 4.78 is 19.0. The smallest absolute Gasteiger partial charge is 0.468 e. The number of aromatic nitrogens is 1. The molecule has 0 aliphatic carbocycles. The van der Waals surface area contributed by atoms with Crippen LogP contribution >= 0.6 is 0 Å². The second-order valence-corrected chi connectivity index (χ2v) is 6.04. The molecule has 0 bridgehead atoms. The van der Waals surface area contributed by atoms with E-state index in [1.165, 1.54) is 27.4 Å². The van der Waals surface area contributed by atoms with Crippen LogP contribution < -0.4 is 0 Å². The average molecular weight is 389 g/mol. The number of H-pyrrole nitrogens is 1. The van der Waals surface area contributed by atoms with E-state index in [9.17, 15) is 14.4 Å². The van der Waals surface area contributed by atoms with Crippen molar-refractivity contribution in [2.24, 2.45) is 5.41 Å². The highest BCUT2D eigenvalue weighted by atomic mass is 16.7. The van der Waals surface area contributed by atoms with Crippen molar-refractivity contribution < 1.29 is 33.3 Å². The molecule has 0 saturated carbocycles. The molecule has 28 heavy (non-hydrogen) atoms. The van der Waals surface area contributed by atoms with Gasteiger partial charge in [0.25, 0.3) is 0 Å². The fourth-order valence-corrected chi connectivity index (χ4v) is 3.01. The number of hydrogen-bond acceptors (Lipinski definition) is 7. The molecule has 0 radical (unpaired) electrons. The minimum atomic E-state index is -1.57. The SMILES string of the molecule is COC(=O)OC/C=C/CC(Cc1cccc2[nH]ccc12)(C(=O)OC)C(=O)OC. The number of hydrogen-bond donors (Lipinski definition) is 1. The van der Waals surface area contributed by atoms with E-state index in [0.717, 1.165) is 16.5 Å². The van der Waals surface area contributed by atoms with Crippen LogP contribution in [0.5, 0.6) is 0 Å². The number of nitrogens with one attached hydrogen (secondary N) is 1. The normalized spacial score (nSPS) is 11.4. The number of esters is 2. The van der Waals surface area contributed by atoms with Crippen LogP contribution in [0.1, 0.15) is 12.0 Å². The molecule has 0 saturated heterocycles. The molecular weight excluding hydrogens is 366 g/mol. The van der Waals surface area contributed by atoms with Gasteiger partial charge in [-0.05, 0) is 24.1 Å². The lowest BCUT2D eigenvalue weighted by atomic mass is 9.77. The van der Waals surface area contributed by atoms with E-state index in [-0.39, 0.29) is 19.4 Å². The van der Waals surface area contributed by atoms with Gasteiger partial charge in [0.2, 0.25) is 0 Å². The van der Waals surface area contributed by atoms with Crippen molar-refractivity contribution in [1.29, 1.82) is 0 Å². The highest BCUT2D eigenvalue weighted by Crippen LogP contribution is 2.34. The van der Waals surface area contributed by atoms with Crippen LogP contribution in [0.3, 0.4) is 0 Å². The second kappa shape index (κ2) is 9.59. The zero-order valence-electron chi connectivity index (χ0n) is 16.0. The summed E-state index contributed by atoms with van der Waals surface area (Å²) in [6.45, 7) is -0.0571. The van der Waals surface area contributed by atoms with Crippen molar-refractivity contribution in [3.63, 3.8) is 0 Å².